The molecule has 532 valence electrons. The molecular formula is C69H104BrClN12O13. The zero-order chi connectivity index (χ0) is 71.8. The average Bonchev–Trinajstić information content (AvgIpc) is 0.837. The number of halogens is 2. The van der Waals surface area contributed by atoms with Crippen molar-refractivity contribution in [3.63, 3.8) is 0 Å². The summed E-state index contributed by atoms with van der Waals surface area (Å²) in [6.45, 7) is 15.6. The van der Waals surface area contributed by atoms with Crippen LogP contribution in [0.25, 0.3) is 0 Å². The molecule has 3 saturated heterocycles. The van der Waals surface area contributed by atoms with Crippen LogP contribution in [0.15, 0.2) is 46.9 Å². The number of benzene rings is 2. The highest BCUT2D eigenvalue weighted by Crippen LogP contribution is 2.28. The Kier molecular flexibility index (Phi) is 29.6. The number of piperidine rings is 1. The summed E-state index contributed by atoms with van der Waals surface area (Å²) in [7, 11) is 9.95. The Bertz CT molecular complexity index is 3130. The first-order chi connectivity index (χ1) is 45.1. The number of hydrogen-bond donors (Lipinski definition) is 4. The second kappa shape index (κ2) is 35.8. The number of carbonyl (C=O) groups is 12. The molecule has 2 aromatic carbocycles. The molecule has 3 heterocycles. The van der Waals surface area contributed by atoms with Gasteiger partial charge >= 0.3 is 0 Å². The molecule has 5 rings (SSSR count). The Morgan fingerprint density at radius 2 is 1.33 bits per heavy atom. The summed E-state index contributed by atoms with van der Waals surface area (Å²) >= 11 is 10.2. The number of nitrogens with zero attached hydrogens (tertiary/aromatic N) is 8. The van der Waals surface area contributed by atoms with E-state index in [9.17, 15) is 52.7 Å². The minimum Gasteiger partial charge on any atom is -0.497 e. The van der Waals surface area contributed by atoms with Crippen LogP contribution in [0.1, 0.15) is 144 Å². The molecule has 0 aliphatic carbocycles. The lowest BCUT2D eigenvalue weighted by Gasteiger charge is -2.45. The monoisotopic (exact) mass is 1420 g/mol. The number of unbranched alkanes of at least 4 members (excludes halogenated alkanes) is 1. The van der Waals surface area contributed by atoms with E-state index in [1.54, 1.807) is 61.2 Å². The Labute approximate surface area is 580 Å². The lowest BCUT2D eigenvalue weighted by Crippen LogP contribution is -2.65. The standard InChI is InChI=1S/C69H104BrClN12O13/c1-17-20-24-49-63(90)81(15)69(8,9)68(95)74-51(35-41(4)5)62(89)79(13)55(66(93)82-32-22-21-23-33-82)39-57(85)78(12)52(19-3)60(87)75-58(42(6)18-2)67(94)77(11)43(7)61(88)83-34-31-53(83)65(92)80(14)54(36-44-25-28-47(96-16)29-26-44)64(91)76(10)40-56(84)72-50(59(86)73-49)38-45-37-46(70)27-30-48(45)71/h25-30,37,41-43,49-55,58H,17-24,31-36,38-40H2,1-16H3,(H,72,84)(H,73,86)(H,74,95)(H,75,87)/t42-,43-,49-,50-,51-,52-,53-,54-,55-,58-/m0/s1. The van der Waals surface area contributed by atoms with Gasteiger partial charge in [0.1, 0.15) is 65.7 Å². The van der Waals surface area contributed by atoms with Crippen LogP contribution in [0.3, 0.4) is 0 Å². The molecule has 2 aromatic rings. The molecule has 12 amide bonds. The van der Waals surface area contributed by atoms with E-state index in [0.717, 1.165) is 11.3 Å². The third kappa shape index (κ3) is 19.9. The van der Waals surface area contributed by atoms with E-state index in [-0.39, 0.29) is 56.0 Å². The molecule has 0 unspecified atom stereocenters. The zero-order valence-electron chi connectivity index (χ0n) is 59.1. The minimum absolute atomic E-state index is 0.0453. The topological polar surface area (TPSA) is 288 Å². The number of likely N-dealkylation sites (tertiary alicyclic amines) is 1. The van der Waals surface area contributed by atoms with Gasteiger partial charge in [0.2, 0.25) is 70.9 Å². The first-order valence-corrected chi connectivity index (χ1v) is 34.8. The number of rotatable bonds is 14. The molecule has 3 aliphatic rings. The van der Waals surface area contributed by atoms with Gasteiger partial charge in [-0.05, 0) is 119 Å². The summed E-state index contributed by atoms with van der Waals surface area (Å²) in [5, 5.41) is 11.6. The number of hydrogen-bond acceptors (Lipinski definition) is 13. The van der Waals surface area contributed by atoms with Gasteiger partial charge in [-0.3, -0.25) is 57.5 Å². The van der Waals surface area contributed by atoms with Crippen molar-refractivity contribution in [2.75, 3.05) is 75.6 Å². The van der Waals surface area contributed by atoms with E-state index < -0.39 is 150 Å². The predicted molar refractivity (Wildman–Crippen MR) is 368 cm³/mol. The Hall–Kier alpha value is -7.35. The number of amides is 12. The third-order valence-electron chi connectivity index (χ3n) is 19.4. The fourth-order valence-electron chi connectivity index (χ4n) is 12.2. The van der Waals surface area contributed by atoms with Gasteiger partial charge in [-0.15, -0.1) is 0 Å². The molecule has 96 heavy (non-hydrogen) atoms. The number of fused-ring (bicyclic) bond motifs is 1. The molecule has 0 saturated carbocycles. The average molecular weight is 1430 g/mol. The maximum absolute atomic E-state index is 15.1. The first kappa shape index (κ1) is 79.3. The van der Waals surface area contributed by atoms with Crippen molar-refractivity contribution in [2.24, 2.45) is 11.8 Å². The molecule has 0 bridgehead atoms. The van der Waals surface area contributed by atoms with Gasteiger partial charge in [-0.1, -0.05) is 100 Å². The van der Waals surface area contributed by atoms with Crippen molar-refractivity contribution >= 4 is 98.4 Å². The van der Waals surface area contributed by atoms with E-state index in [4.69, 9.17) is 16.3 Å². The van der Waals surface area contributed by atoms with Crippen LogP contribution in [0.4, 0.5) is 0 Å². The van der Waals surface area contributed by atoms with Gasteiger partial charge in [0.15, 0.2) is 0 Å². The largest absolute Gasteiger partial charge is 0.497 e. The lowest BCUT2D eigenvalue weighted by atomic mass is 9.95. The second-order valence-electron chi connectivity index (χ2n) is 26.9. The summed E-state index contributed by atoms with van der Waals surface area (Å²) in [5.74, 6) is -8.17. The molecule has 3 fully saturated rings. The van der Waals surface area contributed by atoms with E-state index in [0.29, 0.717) is 66.5 Å². The first-order valence-electron chi connectivity index (χ1n) is 33.6. The van der Waals surface area contributed by atoms with Crippen molar-refractivity contribution in [1.29, 1.82) is 0 Å². The van der Waals surface area contributed by atoms with Crippen LogP contribution in [0.5, 0.6) is 5.75 Å². The van der Waals surface area contributed by atoms with Crippen molar-refractivity contribution in [2.45, 2.75) is 206 Å². The van der Waals surface area contributed by atoms with Crippen molar-refractivity contribution < 1.29 is 62.3 Å². The SMILES string of the molecule is CCCC[C@@H]1NC(=O)[C@H](Cc2cc(Br)ccc2Cl)NC(=O)CN(C)C(=O)[C@H](Cc2ccc(OC)cc2)N(C)C(=O)[C@@H]2CCN2C(=O)[C@H](C)N(C)C(=O)[C@H]([C@@H](C)CC)NC(=O)[C@H](CC)N(C)C(=O)C[C@@H](C(=O)N2CCCCC2)N(C)C(=O)[C@H](CC(C)C)NC(=O)C(C)(C)N(C)C1=O. The second-order valence-corrected chi connectivity index (χ2v) is 28.2. The summed E-state index contributed by atoms with van der Waals surface area (Å²) in [4.78, 5) is 188. The summed E-state index contributed by atoms with van der Waals surface area (Å²) in [6.07, 6.45) is 3.38. The summed E-state index contributed by atoms with van der Waals surface area (Å²) in [6, 6.07) is 0.606. The fraction of sp³-hybridized carbons (Fsp3) is 0.652. The minimum atomic E-state index is -1.71. The number of methoxy groups -OCH3 is 1. The fourth-order valence-corrected chi connectivity index (χ4v) is 12.8. The van der Waals surface area contributed by atoms with Gasteiger partial charge in [0.25, 0.3) is 0 Å². The molecule has 0 aromatic heterocycles. The molecule has 0 spiro atoms. The normalized spacial score (nSPS) is 25.6. The number of carbonyl (C=O) groups excluding carboxylic acids is 12. The quantitative estimate of drug-likeness (QED) is 0.202. The van der Waals surface area contributed by atoms with Gasteiger partial charge in [-0.25, -0.2) is 0 Å². The summed E-state index contributed by atoms with van der Waals surface area (Å²) < 4.78 is 5.99. The number of likely N-dealkylation sites (N-methyl/N-ethyl adjacent to an activating group) is 6. The van der Waals surface area contributed by atoms with E-state index >= 15 is 4.79 Å². The van der Waals surface area contributed by atoms with Gasteiger partial charge in [0, 0.05) is 84.3 Å². The number of ether oxygens (including phenoxy) is 1. The predicted octanol–water partition coefficient (Wildman–Crippen LogP) is 4.57. The highest BCUT2D eigenvalue weighted by atomic mass is 79.9. The zero-order valence-corrected chi connectivity index (χ0v) is 61.4. The Morgan fingerprint density at radius 3 is 1.91 bits per heavy atom. The van der Waals surface area contributed by atoms with Crippen LogP contribution < -0.4 is 26.0 Å². The molecule has 27 heteroatoms. The highest BCUT2D eigenvalue weighted by Gasteiger charge is 2.47. The summed E-state index contributed by atoms with van der Waals surface area (Å²) in [5.41, 5.74) is -0.647. The maximum atomic E-state index is 15.1. The highest BCUT2D eigenvalue weighted by molar-refractivity contribution is 9.10. The van der Waals surface area contributed by atoms with Crippen LogP contribution >= 0.6 is 27.5 Å². The smallest absolute Gasteiger partial charge is 0.246 e. The molecule has 0 radical (unpaired) electrons. The van der Waals surface area contributed by atoms with Crippen LogP contribution in [-0.2, 0) is 70.4 Å². The Morgan fingerprint density at radius 1 is 0.688 bits per heavy atom. The lowest BCUT2D eigenvalue weighted by molar-refractivity contribution is -0.160. The van der Waals surface area contributed by atoms with Crippen LogP contribution in [-0.4, -0.2) is 246 Å². The molecule has 4 N–H and O–H groups in total. The van der Waals surface area contributed by atoms with Crippen molar-refractivity contribution in [1.82, 2.24) is 60.5 Å². The van der Waals surface area contributed by atoms with Gasteiger partial charge in [0.05, 0.1) is 20.1 Å². The van der Waals surface area contributed by atoms with E-state index in [2.05, 4.69) is 37.2 Å². The van der Waals surface area contributed by atoms with Gasteiger partial charge < -0.3 is 65.2 Å². The Balaban J connectivity index is 1.63. The van der Waals surface area contributed by atoms with Crippen molar-refractivity contribution in [3.8, 4) is 5.75 Å². The van der Waals surface area contributed by atoms with E-state index in [1.807, 2.05) is 27.7 Å². The third-order valence-corrected chi connectivity index (χ3v) is 20.2. The molecule has 3 aliphatic heterocycles. The number of nitrogens with one attached hydrogen (secondary N) is 4. The molecular weight excluding hydrogens is 1320 g/mol. The van der Waals surface area contributed by atoms with Crippen molar-refractivity contribution in [3.05, 3.63) is 63.1 Å². The van der Waals surface area contributed by atoms with Crippen LogP contribution in [0.2, 0.25) is 5.02 Å². The van der Waals surface area contributed by atoms with E-state index in [1.165, 1.54) is 99.6 Å². The van der Waals surface area contributed by atoms with Crippen LogP contribution in [0, 0.1) is 11.8 Å². The maximum Gasteiger partial charge on any atom is 0.246 e. The van der Waals surface area contributed by atoms with Gasteiger partial charge in [-0.2, -0.15) is 0 Å². The molecule has 25 nitrogen and oxygen atoms in total. The molecule has 10 atom stereocenters.